The molecule has 1 fully saturated rings. The predicted molar refractivity (Wildman–Crippen MR) is 76.5 cm³/mol. The third kappa shape index (κ3) is 5.85. The number of amides is 1. The van der Waals surface area contributed by atoms with Gasteiger partial charge in [0.2, 0.25) is 5.91 Å². The number of hydrogen-bond donors (Lipinski definition) is 2. The molecule has 1 heterocycles. The average molecular weight is 254 g/mol. The van der Waals surface area contributed by atoms with Crippen molar-refractivity contribution in [3.8, 4) is 0 Å². The minimum Gasteiger partial charge on any atom is -0.356 e. The van der Waals surface area contributed by atoms with Gasteiger partial charge in [-0.1, -0.05) is 27.7 Å². The molecule has 3 nitrogen and oxygen atoms in total. The third-order valence-corrected chi connectivity index (χ3v) is 4.26. The zero-order valence-corrected chi connectivity index (χ0v) is 12.5. The van der Waals surface area contributed by atoms with E-state index in [4.69, 9.17) is 0 Å². The Balaban J connectivity index is 2.13. The van der Waals surface area contributed by atoms with Crippen molar-refractivity contribution >= 4 is 5.91 Å². The molecule has 1 amide bonds. The zero-order valence-electron chi connectivity index (χ0n) is 12.5. The van der Waals surface area contributed by atoms with Gasteiger partial charge in [-0.25, -0.2) is 0 Å². The van der Waals surface area contributed by atoms with Gasteiger partial charge < -0.3 is 10.6 Å². The molecule has 1 saturated heterocycles. The lowest BCUT2D eigenvalue weighted by molar-refractivity contribution is -0.121. The van der Waals surface area contributed by atoms with Crippen molar-refractivity contribution in [1.82, 2.24) is 10.6 Å². The molecular formula is C15H30N2O. The van der Waals surface area contributed by atoms with Gasteiger partial charge in [-0.2, -0.15) is 0 Å². The van der Waals surface area contributed by atoms with Gasteiger partial charge in [-0.15, -0.1) is 0 Å². The van der Waals surface area contributed by atoms with E-state index in [1.807, 2.05) is 0 Å². The molecule has 106 valence electrons. The Morgan fingerprint density at radius 1 is 1.44 bits per heavy atom. The maximum atomic E-state index is 11.8. The lowest BCUT2D eigenvalue weighted by atomic mass is 9.82. The fraction of sp³-hybridized carbons (Fsp3) is 0.933. The molecule has 1 rings (SSSR count). The minimum absolute atomic E-state index is 0.219. The van der Waals surface area contributed by atoms with Crippen LogP contribution in [0.5, 0.6) is 0 Å². The van der Waals surface area contributed by atoms with Gasteiger partial charge in [0.1, 0.15) is 0 Å². The van der Waals surface area contributed by atoms with Crippen LogP contribution in [0.25, 0.3) is 0 Å². The molecule has 0 aromatic rings. The van der Waals surface area contributed by atoms with Crippen LogP contribution < -0.4 is 10.6 Å². The number of hydrogen-bond acceptors (Lipinski definition) is 2. The molecule has 0 spiro atoms. The average Bonchev–Trinajstić information content (AvgIpc) is 2.33. The highest BCUT2D eigenvalue weighted by Gasteiger charge is 2.20. The topological polar surface area (TPSA) is 41.1 Å². The second kappa shape index (κ2) is 7.13. The van der Waals surface area contributed by atoms with Gasteiger partial charge >= 0.3 is 0 Å². The maximum Gasteiger partial charge on any atom is 0.220 e. The van der Waals surface area contributed by atoms with E-state index in [1.54, 1.807) is 0 Å². The molecule has 0 radical (unpaired) electrons. The van der Waals surface area contributed by atoms with Crippen LogP contribution >= 0.6 is 0 Å². The van der Waals surface area contributed by atoms with E-state index in [0.717, 1.165) is 26.1 Å². The zero-order chi connectivity index (χ0) is 13.6. The lowest BCUT2D eigenvalue weighted by Gasteiger charge is -2.27. The summed E-state index contributed by atoms with van der Waals surface area (Å²) in [4.78, 5) is 11.8. The fourth-order valence-corrected chi connectivity index (χ4v) is 2.17. The van der Waals surface area contributed by atoms with E-state index in [0.29, 0.717) is 18.3 Å². The van der Waals surface area contributed by atoms with Gasteiger partial charge in [-0.3, -0.25) is 4.79 Å². The molecule has 0 aromatic heterocycles. The first-order chi connectivity index (χ1) is 8.39. The Morgan fingerprint density at radius 3 is 2.72 bits per heavy atom. The molecule has 0 bridgehead atoms. The highest BCUT2D eigenvalue weighted by molar-refractivity contribution is 5.75. The van der Waals surface area contributed by atoms with Crippen LogP contribution in [-0.4, -0.2) is 25.5 Å². The van der Waals surface area contributed by atoms with Crippen molar-refractivity contribution in [3.63, 3.8) is 0 Å². The minimum atomic E-state index is 0.219. The maximum absolute atomic E-state index is 11.8. The Kier molecular flexibility index (Phi) is 6.13. The van der Waals surface area contributed by atoms with Crippen molar-refractivity contribution in [1.29, 1.82) is 0 Å². The summed E-state index contributed by atoms with van der Waals surface area (Å²) in [7, 11) is 0. The van der Waals surface area contributed by atoms with Crippen LogP contribution in [0.1, 0.15) is 53.4 Å². The molecule has 0 aromatic carbocycles. The van der Waals surface area contributed by atoms with Crippen molar-refractivity contribution < 1.29 is 4.79 Å². The van der Waals surface area contributed by atoms with Crippen LogP contribution in [0.4, 0.5) is 0 Å². The summed E-state index contributed by atoms with van der Waals surface area (Å²) in [5.41, 5.74) is 0.264. The predicted octanol–water partition coefficient (Wildman–Crippen LogP) is 2.56. The van der Waals surface area contributed by atoms with Crippen molar-refractivity contribution in [2.45, 2.75) is 53.4 Å². The van der Waals surface area contributed by atoms with E-state index in [-0.39, 0.29) is 11.3 Å². The van der Waals surface area contributed by atoms with E-state index in [2.05, 4.69) is 38.3 Å². The molecular weight excluding hydrogens is 224 g/mol. The van der Waals surface area contributed by atoms with Crippen LogP contribution in [0.2, 0.25) is 0 Å². The third-order valence-electron chi connectivity index (χ3n) is 4.26. The van der Waals surface area contributed by atoms with Gasteiger partial charge in [0.15, 0.2) is 0 Å². The monoisotopic (exact) mass is 254 g/mol. The number of carbonyl (C=O) groups is 1. The Bertz CT molecular complexity index is 252. The summed E-state index contributed by atoms with van der Waals surface area (Å²) in [6.45, 7) is 11.9. The first kappa shape index (κ1) is 15.5. The van der Waals surface area contributed by atoms with Crippen LogP contribution in [0.3, 0.4) is 0 Å². The Hall–Kier alpha value is -0.570. The molecule has 2 N–H and O–H groups in total. The molecule has 18 heavy (non-hydrogen) atoms. The molecule has 0 saturated carbocycles. The second-order valence-corrected chi connectivity index (χ2v) is 6.82. The number of nitrogens with one attached hydrogen (secondary N) is 2. The SMILES string of the molecule is CC(CNC(=O)CCC1CCCNC1)C(C)(C)C. The number of rotatable bonds is 5. The molecule has 3 heteroatoms. The second-order valence-electron chi connectivity index (χ2n) is 6.82. The first-order valence-electron chi connectivity index (χ1n) is 7.37. The normalized spacial score (nSPS) is 22.6. The summed E-state index contributed by atoms with van der Waals surface area (Å²) in [6, 6.07) is 0. The van der Waals surface area contributed by atoms with Crippen molar-refractivity contribution in [2.24, 2.45) is 17.3 Å². The van der Waals surface area contributed by atoms with Crippen LogP contribution in [0, 0.1) is 17.3 Å². The summed E-state index contributed by atoms with van der Waals surface area (Å²) < 4.78 is 0. The number of carbonyl (C=O) groups excluding carboxylic acids is 1. The highest BCUT2D eigenvalue weighted by Crippen LogP contribution is 2.24. The van der Waals surface area contributed by atoms with E-state index < -0.39 is 0 Å². The van der Waals surface area contributed by atoms with Crippen LogP contribution in [0.15, 0.2) is 0 Å². The van der Waals surface area contributed by atoms with Gasteiger partial charge in [-0.05, 0) is 49.6 Å². The van der Waals surface area contributed by atoms with E-state index in [1.165, 1.54) is 12.8 Å². The molecule has 2 unspecified atom stereocenters. The van der Waals surface area contributed by atoms with Gasteiger partial charge in [0.05, 0.1) is 0 Å². The van der Waals surface area contributed by atoms with Crippen molar-refractivity contribution in [3.05, 3.63) is 0 Å². The summed E-state index contributed by atoms with van der Waals surface area (Å²) >= 11 is 0. The number of piperidine rings is 1. The largest absolute Gasteiger partial charge is 0.356 e. The molecule has 0 aliphatic carbocycles. The van der Waals surface area contributed by atoms with Gasteiger partial charge in [0.25, 0.3) is 0 Å². The first-order valence-corrected chi connectivity index (χ1v) is 7.37. The highest BCUT2D eigenvalue weighted by atomic mass is 16.1. The fourth-order valence-electron chi connectivity index (χ4n) is 2.17. The van der Waals surface area contributed by atoms with Gasteiger partial charge in [0, 0.05) is 13.0 Å². The molecule has 1 aliphatic heterocycles. The van der Waals surface area contributed by atoms with Crippen molar-refractivity contribution in [2.75, 3.05) is 19.6 Å². The molecule has 2 atom stereocenters. The summed E-state index contributed by atoms with van der Waals surface area (Å²) in [6.07, 6.45) is 4.25. The standard InChI is InChI=1S/C15H30N2O/c1-12(15(2,3)4)10-17-14(18)8-7-13-6-5-9-16-11-13/h12-13,16H,5-11H2,1-4H3,(H,17,18). The summed E-state index contributed by atoms with van der Waals surface area (Å²) in [5.74, 6) is 1.43. The van der Waals surface area contributed by atoms with Crippen LogP contribution in [-0.2, 0) is 4.79 Å². The Morgan fingerprint density at radius 2 is 2.17 bits per heavy atom. The smallest absolute Gasteiger partial charge is 0.220 e. The quantitative estimate of drug-likeness (QED) is 0.791. The summed E-state index contributed by atoms with van der Waals surface area (Å²) in [5, 5.41) is 6.47. The van der Waals surface area contributed by atoms with E-state index in [9.17, 15) is 4.79 Å². The lowest BCUT2D eigenvalue weighted by Crippen LogP contribution is -2.34. The Labute approximate surface area is 112 Å². The van der Waals surface area contributed by atoms with E-state index >= 15 is 0 Å². The molecule has 1 aliphatic rings.